The molecular weight excluding hydrogens is 360 g/mol. The van der Waals surface area contributed by atoms with E-state index < -0.39 is 0 Å². The lowest BCUT2D eigenvalue weighted by molar-refractivity contribution is -0.385. The highest BCUT2D eigenvalue weighted by molar-refractivity contribution is 7.80. The van der Waals surface area contributed by atoms with Crippen molar-refractivity contribution in [2.45, 2.75) is 44.1 Å². The van der Waals surface area contributed by atoms with E-state index >= 15 is 0 Å². The third-order valence-corrected chi connectivity index (χ3v) is 6.35. The predicted molar refractivity (Wildman–Crippen MR) is 110 cm³/mol. The van der Waals surface area contributed by atoms with Crippen LogP contribution >= 0.6 is 12.2 Å². The van der Waals surface area contributed by atoms with Crippen LogP contribution in [0.15, 0.2) is 35.4 Å². The van der Waals surface area contributed by atoms with Gasteiger partial charge in [-0.05, 0) is 86.7 Å². The molecule has 2 N–H and O–H groups in total. The van der Waals surface area contributed by atoms with Gasteiger partial charge < -0.3 is 5.32 Å². The molecule has 0 spiro atoms. The second kappa shape index (κ2) is 7.38. The average Bonchev–Trinajstić information content (AvgIpc) is 2.60. The number of rotatable bonds is 5. The molecule has 0 saturated heterocycles. The lowest BCUT2D eigenvalue weighted by atomic mass is 9.53. The zero-order valence-electron chi connectivity index (χ0n) is 15.1. The zero-order chi connectivity index (χ0) is 18.9. The Morgan fingerprint density at radius 2 is 1.81 bits per heavy atom. The molecule has 0 aliphatic heterocycles. The number of nitrogens with one attached hydrogen (secondary N) is 2. The SMILES string of the molecule is O=[N+]([O-])c1ccccc1C=CC=NNC(=S)NC12CC3CC(CC(C3)C1)C2. The summed E-state index contributed by atoms with van der Waals surface area (Å²) >= 11 is 5.44. The number of hydrogen-bond donors (Lipinski definition) is 2. The van der Waals surface area contributed by atoms with Crippen molar-refractivity contribution >= 4 is 35.3 Å². The summed E-state index contributed by atoms with van der Waals surface area (Å²) in [5.74, 6) is 2.58. The summed E-state index contributed by atoms with van der Waals surface area (Å²) in [5, 5.41) is 19.2. The minimum Gasteiger partial charge on any atom is -0.356 e. The number of thiocarbonyl (C=S) groups is 1. The first-order chi connectivity index (χ1) is 13.0. The van der Waals surface area contributed by atoms with Crippen molar-refractivity contribution in [2.24, 2.45) is 22.9 Å². The second-order valence-corrected chi connectivity index (χ2v) is 8.63. The maximum Gasteiger partial charge on any atom is 0.276 e. The van der Waals surface area contributed by atoms with E-state index in [-0.39, 0.29) is 16.1 Å². The molecule has 5 rings (SSSR count). The van der Waals surface area contributed by atoms with Crippen molar-refractivity contribution in [3.63, 3.8) is 0 Å². The number of allylic oxidation sites excluding steroid dienone is 1. The van der Waals surface area contributed by atoms with Crippen molar-refractivity contribution in [3.8, 4) is 0 Å². The first-order valence-electron chi connectivity index (χ1n) is 9.54. The number of nitro groups is 1. The lowest BCUT2D eigenvalue weighted by Gasteiger charge is -2.57. The molecule has 27 heavy (non-hydrogen) atoms. The Hall–Kier alpha value is -2.28. The summed E-state index contributed by atoms with van der Waals surface area (Å²) in [5.41, 5.74) is 3.67. The van der Waals surface area contributed by atoms with Gasteiger partial charge in [0, 0.05) is 17.8 Å². The molecule has 0 radical (unpaired) electrons. The number of hydrogen-bond acceptors (Lipinski definition) is 4. The molecular formula is C20H24N4O2S. The Kier molecular flexibility index (Phi) is 4.95. The van der Waals surface area contributed by atoms with Gasteiger partial charge in [0.25, 0.3) is 5.69 Å². The molecule has 1 aromatic carbocycles. The Labute approximate surface area is 164 Å². The van der Waals surface area contributed by atoms with Crippen LogP contribution in [0.4, 0.5) is 5.69 Å². The van der Waals surface area contributed by atoms with E-state index in [2.05, 4.69) is 15.8 Å². The van der Waals surface area contributed by atoms with Crippen LogP contribution in [0.25, 0.3) is 6.08 Å². The molecule has 0 unspecified atom stereocenters. The number of para-hydroxylation sites is 1. The van der Waals surface area contributed by atoms with Gasteiger partial charge >= 0.3 is 0 Å². The first-order valence-corrected chi connectivity index (χ1v) is 9.95. The quantitative estimate of drug-likeness (QED) is 0.347. The number of hydrazone groups is 1. The van der Waals surface area contributed by atoms with Gasteiger partial charge in [0.05, 0.1) is 10.5 Å². The molecule has 4 saturated carbocycles. The van der Waals surface area contributed by atoms with E-state index in [1.165, 1.54) is 44.6 Å². The summed E-state index contributed by atoms with van der Waals surface area (Å²) in [6.07, 6.45) is 12.8. The molecule has 7 heteroatoms. The van der Waals surface area contributed by atoms with Gasteiger partial charge in [0.2, 0.25) is 0 Å². The molecule has 142 valence electrons. The monoisotopic (exact) mass is 384 g/mol. The molecule has 0 heterocycles. The van der Waals surface area contributed by atoms with Crippen LogP contribution in [0.2, 0.25) is 0 Å². The lowest BCUT2D eigenvalue weighted by Crippen LogP contribution is -2.61. The normalized spacial score (nSPS) is 31.5. The molecule has 4 aliphatic carbocycles. The summed E-state index contributed by atoms with van der Waals surface area (Å²) in [4.78, 5) is 10.6. The number of benzene rings is 1. The maximum atomic E-state index is 11.0. The van der Waals surface area contributed by atoms with Crippen molar-refractivity contribution in [1.82, 2.24) is 10.7 Å². The second-order valence-electron chi connectivity index (χ2n) is 8.22. The molecule has 0 aromatic heterocycles. The van der Waals surface area contributed by atoms with Crippen LogP contribution in [-0.4, -0.2) is 21.8 Å². The fourth-order valence-corrected chi connectivity index (χ4v) is 5.88. The van der Waals surface area contributed by atoms with Gasteiger partial charge in [-0.1, -0.05) is 12.1 Å². The van der Waals surface area contributed by atoms with E-state index in [9.17, 15) is 10.1 Å². The minimum absolute atomic E-state index is 0.0779. The Morgan fingerprint density at radius 3 is 2.44 bits per heavy atom. The average molecular weight is 385 g/mol. The van der Waals surface area contributed by atoms with E-state index in [4.69, 9.17) is 12.2 Å². The Morgan fingerprint density at radius 1 is 1.19 bits per heavy atom. The summed E-state index contributed by atoms with van der Waals surface area (Å²) in [6, 6.07) is 6.61. The standard InChI is InChI=1S/C20H24N4O2S/c25-24(26)18-6-2-1-4-17(18)5-3-7-21-23-19(27)22-20-11-14-8-15(12-20)10-16(9-14)13-20/h1-7,14-16H,8-13H2,(H2,22,23,27). The summed E-state index contributed by atoms with van der Waals surface area (Å²) in [6.45, 7) is 0. The molecule has 0 atom stereocenters. The van der Waals surface area contributed by atoms with E-state index in [0.29, 0.717) is 10.7 Å². The van der Waals surface area contributed by atoms with E-state index in [1.807, 2.05) is 0 Å². The highest BCUT2D eigenvalue weighted by Crippen LogP contribution is 2.55. The van der Waals surface area contributed by atoms with Crippen LogP contribution in [0.5, 0.6) is 0 Å². The fourth-order valence-electron chi connectivity index (χ4n) is 5.61. The highest BCUT2D eigenvalue weighted by atomic mass is 32.1. The van der Waals surface area contributed by atoms with Gasteiger partial charge in [0.1, 0.15) is 0 Å². The summed E-state index contributed by atoms with van der Waals surface area (Å²) in [7, 11) is 0. The molecule has 0 amide bonds. The Balaban J connectivity index is 1.30. The van der Waals surface area contributed by atoms with Gasteiger partial charge in [-0.15, -0.1) is 0 Å². The van der Waals surface area contributed by atoms with E-state index in [0.717, 1.165) is 17.8 Å². The van der Waals surface area contributed by atoms with Crippen molar-refractivity contribution in [1.29, 1.82) is 0 Å². The van der Waals surface area contributed by atoms with Gasteiger partial charge in [-0.25, -0.2) is 0 Å². The van der Waals surface area contributed by atoms with E-state index in [1.54, 1.807) is 36.6 Å². The van der Waals surface area contributed by atoms with Gasteiger partial charge in [-0.3, -0.25) is 15.5 Å². The van der Waals surface area contributed by atoms with Crippen molar-refractivity contribution < 1.29 is 4.92 Å². The fraction of sp³-hybridized carbons (Fsp3) is 0.500. The van der Waals surface area contributed by atoms with Crippen LogP contribution in [0.3, 0.4) is 0 Å². The smallest absolute Gasteiger partial charge is 0.276 e. The predicted octanol–water partition coefficient (Wildman–Crippen LogP) is 4.03. The number of nitro benzene ring substituents is 1. The molecule has 4 bridgehead atoms. The van der Waals surface area contributed by atoms with Crippen LogP contribution < -0.4 is 10.7 Å². The molecule has 6 nitrogen and oxygen atoms in total. The molecule has 1 aromatic rings. The van der Waals surface area contributed by atoms with Crippen molar-refractivity contribution in [2.75, 3.05) is 0 Å². The summed E-state index contributed by atoms with van der Waals surface area (Å²) < 4.78 is 0. The first kappa shape index (κ1) is 18.1. The van der Waals surface area contributed by atoms with Crippen LogP contribution in [0.1, 0.15) is 44.1 Å². The third-order valence-electron chi connectivity index (χ3n) is 6.15. The van der Waals surface area contributed by atoms with Crippen molar-refractivity contribution in [3.05, 3.63) is 46.0 Å². The largest absolute Gasteiger partial charge is 0.356 e. The van der Waals surface area contributed by atoms with Crippen LogP contribution in [0, 0.1) is 27.9 Å². The molecule has 4 fully saturated rings. The topological polar surface area (TPSA) is 79.6 Å². The van der Waals surface area contributed by atoms with Gasteiger partial charge in [0.15, 0.2) is 5.11 Å². The Bertz CT molecular complexity index is 770. The maximum absolute atomic E-state index is 11.0. The van der Waals surface area contributed by atoms with Gasteiger partial charge in [-0.2, -0.15) is 5.10 Å². The zero-order valence-corrected chi connectivity index (χ0v) is 16.0. The molecule has 4 aliphatic rings. The minimum atomic E-state index is -0.389. The third kappa shape index (κ3) is 4.03. The number of nitrogens with zero attached hydrogens (tertiary/aromatic N) is 2. The highest BCUT2D eigenvalue weighted by Gasteiger charge is 2.51. The van der Waals surface area contributed by atoms with Crippen LogP contribution in [-0.2, 0) is 0 Å².